The fourth-order valence-corrected chi connectivity index (χ4v) is 7.09. The van der Waals surface area contributed by atoms with Crippen molar-refractivity contribution < 1.29 is 29.4 Å². The van der Waals surface area contributed by atoms with E-state index in [-0.39, 0.29) is 56.3 Å². The van der Waals surface area contributed by atoms with Crippen molar-refractivity contribution in [1.29, 1.82) is 0 Å². The minimum absolute atomic E-state index is 0.0252. The molecule has 2 aromatic carbocycles. The molecule has 0 aliphatic carbocycles. The zero-order valence-corrected chi connectivity index (χ0v) is 29.9. The van der Waals surface area contributed by atoms with Gasteiger partial charge < -0.3 is 30.2 Å². The van der Waals surface area contributed by atoms with Gasteiger partial charge in [0.25, 0.3) is 0 Å². The fourth-order valence-electron chi connectivity index (χ4n) is 7.09. The van der Waals surface area contributed by atoms with Gasteiger partial charge in [-0.2, -0.15) is 5.11 Å². The summed E-state index contributed by atoms with van der Waals surface area (Å²) in [6.45, 7) is 5.06. The number of carbonyl (C=O) groups excluding carboxylic acids is 2. The number of rotatable bonds is 10. The number of hydrogen-bond donors (Lipinski definition) is 3. The molecule has 3 aliphatic rings. The molecule has 5 rings (SSSR count). The third-order valence-electron chi connectivity index (χ3n) is 10.1. The number of anilines is 1. The normalized spacial score (nSPS) is 21.6. The lowest BCUT2D eigenvalue weighted by Gasteiger charge is -2.34. The summed E-state index contributed by atoms with van der Waals surface area (Å²) in [5.74, 6) is -2.43. The van der Waals surface area contributed by atoms with E-state index in [1.54, 1.807) is 4.90 Å². The molecule has 3 N–H and O–H groups in total. The number of nitrogens with one attached hydrogen (secondary N) is 1. The monoisotopic (exact) mass is 705 g/mol. The van der Waals surface area contributed by atoms with Crippen LogP contribution < -0.4 is 10.2 Å². The van der Waals surface area contributed by atoms with Gasteiger partial charge in [0.05, 0.1) is 13.1 Å². The largest absolute Gasteiger partial charge is 0.480 e. The maximum atomic E-state index is 13.8. The van der Waals surface area contributed by atoms with E-state index < -0.39 is 18.0 Å². The number of amides is 2. The number of para-hydroxylation sites is 1. The Hall–Kier alpha value is -4.44. The van der Waals surface area contributed by atoms with Gasteiger partial charge in [0.1, 0.15) is 18.1 Å². The number of carboxylic acids is 2. The van der Waals surface area contributed by atoms with Crippen LogP contribution in [0.25, 0.3) is 0 Å². The lowest BCUT2D eigenvalue weighted by Crippen LogP contribution is -2.50. The number of nitrogens with zero attached hydrogens (tertiary/aromatic N) is 8. The van der Waals surface area contributed by atoms with Crippen LogP contribution >= 0.6 is 0 Å². The van der Waals surface area contributed by atoms with Crippen LogP contribution in [-0.2, 0) is 25.7 Å². The van der Waals surface area contributed by atoms with Gasteiger partial charge in [-0.05, 0) is 37.7 Å². The first-order valence-electron chi connectivity index (χ1n) is 17.7. The van der Waals surface area contributed by atoms with Gasteiger partial charge in [0, 0.05) is 90.0 Å². The molecule has 3 aliphatic heterocycles. The van der Waals surface area contributed by atoms with E-state index in [0.29, 0.717) is 45.8 Å². The number of hydrogen-bond acceptors (Lipinski definition) is 11. The lowest BCUT2D eigenvalue weighted by molar-refractivity contribution is -0.144. The number of fused-ring (bicyclic) bond motifs is 5. The molecule has 2 amide bonds. The Morgan fingerprint density at radius 1 is 0.824 bits per heavy atom. The summed E-state index contributed by atoms with van der Waals surface area (Å²) in [5, 5.41) is 33.3. The Labute approximate surface area is 299 Å². The summed E-state index contributed by atoms with van der Waals surface area (Å²) in [4.78, 5) is 60.6. The maximum absolute atomic E-state index is 13.8. The number of benzene rings is 2. The smallest absolute Gasteiger partial charge is 0.320 e. The molecule has 15 nitrogen and oxygen atoms in total. The molecule has 0 spiro atoms. The van der Waals surface area contributed by atoms with Crippen molar-refractivity contribution in [1.82, 2.24) is 29.9 Å². The topological polar surface area (TPSA) is 165 Å². The number of carboxylic acid groups (broad SMARTS) is 2. The quantitative estimate of drug-likeness (QED) is 0.331. The summed E-state index contributed by atoms with van der Waals surface area (Å²) in [5.41, 5.74) is 3.75. The summed E-state index contributed by atoms with van der Waals surface area (Å²) in [6, 6.07) is 14.5. The van der Waals surface area contributed by atoms with Gasteiger partial charge in [0.15, 0.2) is 0 Å². The fraction of sp³-hybridized carbons (Fsp3) is 0.556. The highest BCUT2D eigenvalue weighted by Crippen LogP contribution is 2.47. The standard InChI is InChI=1S/C36H51N9O6/c1-40-16-17-41(2)19-22-44(23-21-43(20-18-40)25-33(48)49)30(36(50)51)12-13-31(46)37-15-14-32(47)45-24-26-8-4-5-9-27(26)35-34(38-39-42(35)3)28-10-6-7-11-29(28)45/h4-11,30,34-35H,12-25H2,1-3H3,(H,37,46)(H,48,49)(H,50,51). The average Bonchev–Trinajstić information content (AvgIpc) is 3.47. The number of carbonyl (C=O) groups is 4. The minimum Gasteiger partial charge on any atom is -0.480 e. The first-order chi connectivity index (χ1) is 24.5. The molecule has 51 heavy (non-hydrogen) atoms. The molecule has 1 saturated heterocycles. The third kappa shape index (κ3) is 9.88. The molecule has 276 valence electrons. The molecule has 3 unspecified atom stereocenters. The van der Waals surface area contributed by atoms with E-state index in [1.807, 2.05) is 78.4 Å². The summed E-state index contributed by atoms with van der Waals surface area (Å²) in [6.07, 6.45) is 0.123. The van der Waals surface area contributed by atoms with Crippen LogP contribution in [0.2, 0.25) is 0 Å². The second-order valence-electron chi connectivity index (χ2n) is 13.7. The molecule has 1 fully saturated rings. The molecular formula is C36H51N9O6. The SMILES string of the molecule is CN1CCN(C)CCN(C(CCC(=O)NCCC(=O)N2Cc3ccccc3C3C(N=NN3C)c3ccccc32)C(=O)O)CCN(CC(=O)O)CC1. The van der Waals surface area contributed by atoms with E-state index in [4.69, 9.17) is 0 Å². The summed E-state index contributed by atoms with van der Waals surface area (Å²) >= 11 is 0. The van der Waals surface area contributed by atoms with Crippen molar-refractivity contribution in [3.05, 3.63) is 65.2 Å². The molecule has 0 aromatic heterocycles. The number of aliphatic carboxylic acids is 2. The van der Waals surface area contributed by atoms with Gasteiger partial charge in [-0.1, -0.05) is 47.7 Å². The molecular weight excluding hydrogens is 654 g/mol. The second kappa shape index (κ2) is 17.7. The van der Waals surface area contributed by atoms with Crippen LogP contribution in [-0.4, -0.2) is 151 Å². The van der Waals surface area contributed by atoms with Crippen LogP contribution in [0.1, 0.15) is 48.0 Å². The lowest BCUT2D eigenvalue weighted by atomic mass is 9.87. The Bertz CT molecular complexity index is 1570. The average molecular weight is 706 g/mol. The minimum atomic E-state index is -1.02. The molecule has 0 bridgehead atoms. The van der Waals surface area contributed by atoms with Gasteiger partial charge in [-0.25, -0.2) is 0 Å². The highest BCUT2D eigenvalue weighted by molar-refractivity contribution is 5.95. The van der Waals surface area contributed by atoms with E-state index in [0.717, 1.165) is 35.5 Å². The molecule has 15 heteroatoms. The van der Waals surface area contributed by atoms with E-state index in [1.165, 1.54) is 0 Å². The Kier molecular flexibility index (Phi) is 13.1. The predicted octanol–water partition coefficient (Wildman–Crippen LogP) is 1.93. The van der Waals surface area contributed by atoms with Crippen molar-refractivity contribution >= 4 is 29.4 Å². The van der Waals surface area contributed by atoms with Gasteiger partial charge in [0.2, 0.25) is 11.8 Å². The zero-order valence-electron chi connectivity index (χ0n) is 29.9. The van der Waals surface area contributed by atoms with Crippen molar-refractivity contribution in [2.24, 2.45) is 10.3 Å². The Morgan fingerprint density at radius 2 is 1.45 bits per heavy atom. The second-order valence-corrected chi connectivity index (χ2v) is 13.7. The first-order valence-corrected chi connectivity index (χ1v) is 17.7. The van der Waals surface area contributed by atoms with Crippen molar-refractivity contribution in [3.8, 4) is 0 Å². The van der Waals surface area contributed by atoms with Gasteiger partial charge >= 0.3 is 11.9 Å². The highest BCUT2D eigenvalue weighted by Gasteiger charge is 2.39. The van der Waals surface area contributed by atoms with E-state index in [9.17, 15) is 29.4 Å². The maximum Gasteiger partial charge on any atom is 0.320 e. The predicted molar refractivity (Wildman–Crippen MR) is 191 cm³/mol. The Balaban J connectivity index is 1.20. The van der Waals surface area contributed by atoms with Crippen LogP contribution in [0.4, 0.5) is 5.69 Å². The van der Waals surface area contributed by atoms with Crippen LogP contribution in [0.3, 0.4) is 0 Å². The van der Waals surface area contributed by atoms with E-state index in [2.05, 4.69) is 31.5 Å². The van der Waals surface area contributed by atoms with Crippen LogP contribution in [0, 0.1) is 0 Å². The molecule has 0 radical (unpaired) electrons. The van der Waals surface area contributed by atoms with Gasteiger partial charge in [-0.15, -0.1) is 0 Å². The van der Waals surface area contributed by atoms with Crippen molar-refractivity contribution in [3.63, 3.8) is 0 Å². The van der Waals surface area contributed by atoms with Crippen LogP contribution in [0.15, 0.2) is 58.9 Å². The summed E-state index contributed by atoms with van der Waals surface area (Å²) in [7, 11) is 5.92. The number of likely N-dealkylation sites (N-methyl/N-ethyl adjacent to an activating group) is 3. The summed E-state index contributed by atoms with van der Waals surface area (Å²) < 4.78 is 0. The molecule has 3 heterocycles. The zero-order chi connectivity index (χ0) is 36.5. The molecule has 2 aromatic rings. The van der Waals surface area contributed by atoms with E-state index >= 15 is 0 Å². The van der Waals surface area contributed by atoms with Crippen molar-refractivity contribution in [2.45, 2.75) is 43.9 Å². The highest BCUT2D eigenvalue weighted by atomic mass is 16.4. The Morgan fingerprint density at radius 3 is 2.18 bits per heavy atom. The van der Waals surface area contributed by atoms with Gasteiger partial charge in [-0.3, -0.25) is 34.0 Å². The van der Waals surface area contributed by atoms with Crippen LogP contribution in [0.5, 0.6) is 0 Å². The molecule has 3 atom stereocenters. The first kappa shape index (κ1) is 37.8. The third-order valence-corrected chi connectivity index (χ3v) is 10.1. The molecule has 0 saturated carbocycles. The van der Waals surface area contributed by atoms with Crippen molar-refractivity contribution in [2.75, 3.05) is 91.5 Å².